The number of halogens is 1. The van der Waals surface area contributed by atoms with Crippen LogP contribution in [0.2, 0.25) is 0 Å². The highest BCUT2D eigenvalue weighted by Gasteiger charge is 2.40. The highest BCUT2D eigenvalue weighted by molar-refractivity contribution is 9.10. The summed E-state index contributed by atoms with van der Waals surface area (Å²) in [4.78, 5) is 9.76. The Balaban J connectivity index is 1.55. The van der Waals surface area contributed by atoms with Crippen LogP contribution in [0.5, 0.6) is 0 Å². The van der Waals surface area contributed by atoms with Crippen LogP contribution in [0.3, 0.4) is 0 Å². The molecular weight excluding hydrogens is 534 g/mol. The summed E-state index contributed by atoms with van der Waals surface area (Å²) in [5, 5.41) is 10.6. The molecule has 4 aromatic carbocycles. The van der Waals surface area contributed by atoms with Gasteiger partial charge in [0.15, 0.2) is 0 Å². The maximum Gasteiger partial charge on any atom is 0.138 e. The minimum Gasteiger partial charge on any atom is -0.316 e. The first-order chi connectivity index (χ1) is 18.7. The van der Waals surface area contributed by atoms with E-state index in [0.717, 1.165) is 68.4 Å². The molecule has 1 saturated heterocycles. The summed E-state index contributed by atoms with van der Waals surface area (Å²) in [5.74, 6) is 1.28. The third-order valence-electron chi connectivity index (χ3n) is 7.67. The Morgan fingerprint density at radius 2 is 1.42 bits per heavy atom. The monoisotopic (exact) mass is 559 g/mol. The molecule has 1 aliphatic heterocycles. The largest absolute Gasteiger partial charge is 0.316 e. The second kappa shape index (κ2) is 9.46. The van der Waals surface area contributed by atoms with Gasteiger partial charge in [0.1, 0.15) is 16.0 Å². The summed E-state index contributed by atoms with van der Waals surface area (Å²) in [6.07, 6.45) is 3.04. The predicted octanol–water partition coefficient (Wildman–Crippen LogP) is 6.66. The number of hydrogen-bond donors (Lipinski definition) is 1. The van der Waals surface area contributed by atoms with E-state index >= 15 is 0 Å². The number of nitrogens with zero attached hydrogens (tertiary/aromatic N) is 4. The third-order valence-corrected chi connectivity index (χ3v) is 8.26. The Bertz CT molecular complexity index is 1630. The maximum absolute atomic E-state index is 5.19. The van der Waals surface area contributed by atoms with Crippen LogP contribution >= 0.6 is 15.9 Å². The zero-order valence-electron chi connectivity index (χ0n) is 20.8. The van der Waals surface area contributed by atoms with Crippen LogP contribution in [0, 0.1) is 0 Å². The van der Waals surface area contributed by atoms with Gasteiger partial charge in [-0.05, 0) is 57.7 Å². The molecule has 5 nitrogen and oxygen atoms in total. The molecule has 0 radical (unpaired) electrons. The van der Waals surface area contributed by atoms with Gasteiger partial charge in [0.25, 0.3) is 0 Å². The van der Waals surface area contributed by atoms with Crippen molar-refractivity contribution in [1.29, 1.82) is 0 Å². The molecule has 1 atom stereocenters. The van der Waals surface area contributed by atoms with Crippen LogP contribution in [0.1, 0.15) is 34.9 Å². The van der Waals surface area contributed by atoms with E-state index in [2.05, 4.69) is 129 Å². The zero-order chi connectivity index (χ0) is 25.5. The summed E-state index contributed by atoms with van der Waals surface area (Å²) in [5.41, 5.74) is 4.66. The molecule has 6 aromatic rings. The van der Waals surface area contributed by atoms with Gasteiger partial charge in [-0.3, -0.25) is 0 Å². The number of nitrogens with one attached hydrogen (secondary N) is 1. The number of fused-ring (bicyclic) bond motifs is 2. The molecule has 1 fully saturated rings. The van der Waals surface area contributed by atoms with Gasteiger partial charge in [0, 0.05) is 29.4 Å². The highest BCUT2D eigenvalue weighted by Crippen LogP contribution is 2.43. The minimum atomic E-state index is -0.696. The van der Waals surface area contributed by atoms with Crippen molar-refractivity contribution < 1.29 is 0 Å². The smallest absolute Gasteiger partial charge is 0.138 e. The number of benzene rings is 4. The summed E-state index contributed by atoms with van der Waals surface area (Å²) < 4.78 is 2.96. The fourth-order valence-electron chi connectivity index (χ4n) is 5.85. The van der Waals surface area contributed by atoms with Crippen molar-refractivity contribution >= 4 is 37.7 Å². The third kappa shape index (κ3) is 3.67. The lowest BCUT2D eigenvalue weighted by Gasteiger charge is -2.37. The molecule has 0 amide bonds. The van der Waals surface area contributed by atoms with Crippen molar-refractivity contribution in [3.8, 4) is 0 Å². The Hall–Kier alpha value is -3.87. The average Bonchev–Trinajstić information content (AvgIpc) is 3.63. The van der Waals surface area contributed by atoms with Crippen LogP contribution in [-0.4, -0.2) is 32.8 Å². The van der Waals surface area contributed by atoms with E-state index < -0.39 is 5.54 Å². The van der Waals surface area contributed by atoms with Gasteiger partial charge in [-0.25, -0.2) is 14.6 Å². The van der Waals surface area contributed by atoms with E-state index in [1.54, 1.807) is 0 Å². The first kappa shape index (κ1) is 23.3. The molecule has 7 rings (SSSR count). The molecule has 0 bridgehead atoms. The lowest BCUT2D eigenvalue weighted by Crippen LogP contribution is -2.38. The summed E-state index contributed by atoms with van der Waals surface area (Å²) in [6.45, 7) is 1.95. The first-order valence-electron chi connectivity index (χ1n) is 13.0. The second-order valence-corrected chi connectivity index (χ2v) is 10.6. The Morgan fingerprint density at radius 1 is 0.816 bits per heavy atom. The quantitative estimate of drug-likeness (QED) is 0.240. The van der Waals surface area contributed by atoms with E-state index in [1.165, 1.54) is 0 Å². The summed E-state index contributed by atoms with van der Waals surface area (Å²) >= 11 is 3.81. The zero-order valence-corrected chi connectivity index (χ0v) is 22.3. The Labute approximate surface area is 229 Å². The van der Waals surface area contributed by atoms with Gasteiger partial charge in [0.2, 0.25) is 0 Å². The van der Waals surface area contributed by atoms with Crippen LogP contribution in [-0.2, 0) is 5.54 Å². The minimum absolute atomic E-state index is 0.364. The normalized spacial score (nSPS) is 15.9. The number of hydrogen-bond acceptors (Lipinski definition) is 4. The fourth-order valence-corrected chi connectivity index (χ4v) is 6.33. The van der Waals surface area contributed by atoms with Gasteiger partial charge < -0.3 is 5.32 Å². The molecule has 0 spiro atoms. The van der Waals surface area contributed by atoms with Gasteiger partial charge in [-0.1, -0.05) is 91.0 Å². The van der Waals surface area contributed by atoms with E-state index in [9.17, 15) is 0 Å². The first-order valence-corrected chi connectivity index (χ1v) is 13.8. The van der Waals surface area contributed by atoms with Crippen LogP contribution in [0.15, 0.2) is 114 Å². The number of rotatable bonds is 5. The van der Waals surface area contributed by atoms with Crippen LogP contribution in [0.25, 0.3) is 21.8 Å². The van der Waals surface area contributed by atoms with Gasteiger partial charge in [0.05, 0.1) is 11.0 Å². The lowest BCUT2D eigenvalue weighted by molar-refractivity contribution is 0.474. The predicted molar refractivity (Wildman–Crippen MR) is 155 cm³/mol. The fraction of sp³-hybridized carbons (Fsp3) is 0.156. The van der Waals surface area contributed by atoms with E-state index in [1.807, 2.05) is 6.20 Å². The molecule has 38 heavy (non-hydrogen) atoms. The van der Waals surface area contributed by atoms with E-state index in [0.29, 0.717) is 5.92 Å². The number of aromatic nitrogens is 4. The highest BCUT2D eigenvalue weighted by atomic mass is 79.9. The van der Waals surface area contributed by atoms with Crippen molar-refractivity contribution in [1.82, 2.24) is 25.1 Å². The van der Waals surface area contributed by atoms with Crippen molar-refractivity contribution in [3.05, 3.63) is 136 Å². The summed E-state index contributed by atoms with van der Waals surface area (Å²) in [6, 6.07) is 36.2. The molecule has 0 unspecified atom stereocenters. The van der Waals surface area contributed by atoms with E-state index in [-0.39, 0.29) is 0 Å². The molecule has 0 aliphatic carbocycles. The Morgan fingerprint density at radius 3 is 1.97 bits per heavy atom. The summed E-state index contributed by atoms with van der Waals surface area (Å²) in [7, 11) is 0. The van der Waals surface area contributed by atoms with Gasteiger partial charge in [-0.15, -0.1) is 0 Å². The van der Waals surface area contributed by atoms with Gasteiger partial charge >= 0.3 is 0 Å². The molecule has 186 valence electrons. The van der Waals surface area contributed by atoms with Crippen molar-refractivity contribution in [2.75, 3.05) is 13.1 Å². The maximum atomic E-state index is 5.19. The molecule has 2 aromatic heterocycles. The molecule has 1 aliphatic rings. The van der Waals surface area contributed by atoms with Gasteiger partial charge in [-0.2, -0.15) is 5.10 Å². The average molecular weight is 560 g/mol. The molecule has 6 heteroatoms. The molecular formula is C32H26BrN5. The SMILES string of the molecule is Brc1nn(C(c2ccccc2)(c2ccccc2)c2ccccc2)c2cc3cnc([C@@H]4CCNC4)nc3cc12. The van der Waals surface area contributed by atoms with E-state index in [4.69, 9.17) is 15.1 Å². The van der Waals surface area contributed by atoms with Crippen molar-refractivity contribution in [2.24, 2.45) is 0 Å². The molecule has 0 saturated carbocycles. The van der Waals surface area contributed by atoms with Crippen LogP contribution < -0.4 is 5.32 Å². The molecule has 3 heterocycles. The molecule has 1 N–H and O–H groups in total. The van der Waals surface area contributed by atoms with Crippen molar-refractivity contribution in [3.63, 3.8) is 0 Å². The second-order valence-electron chi connectivity index (χ2n) is 9.86. The topological polar surface area (TPSA) is 55.6 Å². The lowest BCUT2D eigenvalue weighted by atomic mass is 9.77. The standard InChI is InChI=1S/C32H26BrN5/c33-30-27-19-28-23(21-35-31(36-28)22-16-17-34-20-22)18-29(27)38(37-30)32(24-10-4-1-5-11-24,25-12-6-2-7-13-25)26-14-8-3-9-15-26/h1-15,18-19,21-22,34H,16-17,20H2/t22-/m1/s1. The van der Waals surface area contributed by atoms with Crippen molar-refractivity contribution in [2.45, 2.75) is 17.9 Å². The van der Waals surface area contributed by atoms with Crippen LogP contribution in [0.4, 0.5) is 0 Å². The Kier molecular flexibility index (Phi) is 5.79.